The van der Waals surface area contributed by atoms with E-state index in [4.69, 9.17) is 22.6 Å². The number of hydrogen-bond donors (Lipinski definition) is 1. The summed E-state index contributed by atoms with van der Waals surface area (Å²) >= 11 is 5.78. The lowest BCUT2D eigenvalue weighted by atomic mass is 10.2. The molecule has 1 aliphatic carbocycles. The summed E-state index contributed by atoms with van der Waals surface area (Å²) in [4.78, 5) is 17.8. The van der Waals surface area contributed by atoms with Gasteiger partial charge in [0.2, 0.25) is 0 Å². The summed E-state index contributed by atoms with van der Waals surface area (Å²) in [6.45, 7) is 0.444. The molecule has 0 unspecified atom stereocenters. The first-order valence-corrected chi connectivity index (χ1v) is 6.10. The van der Waals surface area contributed by atoms with Gasteiger partial charge in [0.25, 0.3) is 5.91 Å². The number of rotatable bonds is 4. The quantitative estimate of drug-likeness (QED) is 0.841. The molecule has 1 fully saturated rings. The fourth-order valence-electron chi connectivity index (χ4n) is 1.81. The van der Waals surface area contributed by atoms with E-state index >= 15 is 0 Å². The zero-order valence-corrected chi connectivity index (χ0v) is 10.5. The van der Waals surface area contributed by atoms with E-state index in [2.05, 4.69) is 11.1 Å². The van der Waals surface area contributed by atoms with Gasteiger partial charge in [0, 0.05) is 18.2 Å². The van der Waals surface area contributed by atoms with E-state index in [1.807, 2.05) is 0 Å². The van der Waals surface area contributed by atoms with Crippen LogP contribution in [0.3, 0.4) is 0 Å². The maximum absolute atomic E-state index is 12.3. The van der Waals surface area contributed by atoms with E-state index in [1.54, 1.807) is 4.90 Å². The molecule has 0 atom stereocenters. The molecule has 0 saturated heterocycles. The summed E-state index contributed by atoms with van der Waals surface area (Å²) in [5.74, 6) is 0.0885. The van der Waals surface area contributed by atoms with Crippen LogP contribution < -0.4 is 5.73 Å². The molecule has 0 radical (unpaired) electrons. The smallest absolute Gasteiger partial charge is 0.254 e. The van der Waals surface area contributed by atoms with Gasteiger partial charge in [0.05, 0.1) is 12.5 Å². The predicted molar refractivity (Wildman–Crippen MR) is 67.9 cm³/mol. The van der Waals surface area contributed by atoms with Crippen molar-refractivity contribution >= 4 is 23.3 Å². The Hall–Kier alpha value is -1.80. The van der Waals surface area contributed by atoms with E-state index < -0.39 is 0 Å². The van der Waals surface area contributed by atoms with Crippen LogP contribution in [-0.2, 0) is 0 Å². The van der Waals surface area contributed by atoms with E-state index in [0.29, 0.717) is 18.5 Å². The van der Waals surface area contributed by atoms with Crippen molar-refractivity contribution in [3.05, 3.63) is 22.8 Å². The van der Waals surface area contributed by atoms with Crippen LogP contribution in [-0.4, -0.2) is 28.4 Å². The normalized spacial score (nSPS) is 14.0. The van der Waals surface area contributed by atoms with Crippen LogP contribution in [0.15, 0.2) is 12.1 Å². The van der Waals surface area contributed by atoms with Gasteiger partial charge in [-0.15, -0.1) is 0 Å². The molecular formula is C12H13ClN4O. The Labute approximate surface area is 110 Å². The van der Waals surface area contributed by atoms with Gasteiger partial charge >= 0.3 is 0 Å². The first-order chi connectivity index (χ1) is 8.61. The van der Waals surface area contributed by atoms with Crippen LogP contribution in [0.2, 0.25) is 5.15 Å². The van der Waals surface area contributed by atoms with Gasteiger partial charge in [-0.05, 0) is 25.0 Å². The number of nitrogen functional groups attached to an aromatic ring is 1. The van der Waals surface area contributed by atoms with Crippen LogP contribution in [0.5, 0.6) is 0 Å². The highest BCUT2D eigenvalue weighted by molar-refractivity contribution is 6.29. The lowest BCUT2D eigenvalue weighted by Gasteiger charge is -2.21. The summed E-state index contributed by atoms with van der Waals surface area (Å²) in [7, 11) is 0. The Morgan fingerprint density at radius 1 is 1.61 bits per heavy atom. The zero-order chi connectivity index (χ0) is 13.1. The molecule has 0 bridgehead atoms. The third kappa shape index (κ3) is 2.90. The SMILES string of the molecule is N#CCCN(C(=O)c1cc(N)nc(Cl)c1)C1CC1. The fraction of sp³-hybridized carbons (Fsp3) is 0.417. The van der Waals surface area contributed by atoms with Gasteiger partial charge in [-0.1, -0.05) is 11.6 Å². The molecule has 2 rings (SSSR count). The van der Waals surface area contributed by atoms with Crippen LogP contribution in [0.25, 0.3) is 0 Å². The van der Waals surface area contributed by atoms with Crippen molar-refractivity contribution in [3.63, 3.8) is 0 Å². The van der Waals surface area contributed by atoms with Crippen molar-refractivity contribution in [2.75, 3.05) is 12.3 Å². The minimum atomic E-state index is -0.135. The Morgan fingerprint density at radius 3 is 2.89 bits per heavy atom. The Morgan fingerprint density at radius 2 is 2.33 bits per heavy atom. The lowest BCUT2D eigenvalue weighted by Crippen LogP contribution is -2.34. The molecule has 1 aromatic heterocycles. The lowest BCUT2D eigenvalue weighted by molar-refractivity contribution is 0.0747. The van der Waals surface area contributed by atoms with E-state index in [9.17, 15) is 4.79 Å². The summed E-state index contributed by atoms with van der Waals surface area (Å²) in [6.07, 6.45) is 2.31. The van der Waals surface area contributed by atoms with Crippen LogP contribution >= 0.6 is 11.6 Å². The summed E-state index contributed by atoms with van der Waals surface area (Å²) in [6, 6.07) is 5.31. The molecule has 0 aliphatic heterocycles. The molecule has 1 aliphatic rings. The van der Waals surface area contributed by atoms with Crippen molar-refractivity contribution in [3.8, 4) is 6.07 Å². The molecule has 94 valence electrons. The number of anilines is 1. The highest BCUT2D eigenvalue weighted by atomic mass is 35.5. The summed E-state index contributed by atoms with van der Waals surface area (Å²) in [5, 5.41) is 8.82. The van der Waals surface area contributed by atoms with E-state index in [0.717, 1.165) is 12.8 Å². The highest BCUT2D eigenvalue weighted by Crippen LogP contribution is 2.28. The number of carbonyl (C=O) groups is 1. The first-order valence-electron chi connectivity index (χ1n) is 5.73. The van der Waals surface area contributed by atoms with Crippen LogP contribution in [0.1, 0.15) is 29.6 Å². The highest BCUT2D eigenvalue weighted by Gasteiger charge is 2.32. The molecule has 0 aromatic carbocycles. The molecule has 1 saturated carbocycles. The second-order valence-corrected chi connectivity index (χ2v) is 4.63. The average Bonchev–Trinajstić information content (AvgIpc) is 3.12. The third-order valence-corrected chi connectivity index (χ3v) is 2.97. The molecule has 0 spiro atoms. The summed E-state index contributed by atoms with van der Waals surface area (Å²) < 4.78 is 0. The molecule has 5 nitrogen and oxygen atoms in total. The monoisotopic (exact) mass is 264 g/mol. The largest absolute Gasteiger partial charge is 0.384 e. The Kier molecular flexibility index (Phi) is 3.68. The second-order valence-electron chi connectivity index (χ2n) is 4.24. The van der Waals surface area contributed by atoms with Crippen molar-refractivity contribution < 1.29 is 4.79 Å². The average molecular weight is 265 g/mol. The third-order valence-electron chi connectivity index (χ3n) is 2.77. The van der Waals surface area contributed by atoms with Crippen LogP contribution in [0, 0.1) is 11.3 Å². The molecular weight excluding hydrogens is 252 g/mol. The van der Waals surface area contributed by atoms with Crippen molar-refractivity contribution in [2.24, 2.45) is 0 Å². The van der Waals surface area contributed by atoms with E-state index in [1.165, 1.54) is 12.1 Å². The number of nitriles is 1. The van der Waals surface area contributed by atoms with Gasteiger partial charge in [-0.3, -0.25) is 4.79 Å². The van der Waals surface area contributed by atoms with Crippen molar-refractivity contribution in [1.29, 1.82) is 5.26 Å². The molecule has 1 amide bonds. The predicted octanol–water partition coefficient (Wildman–Crippen LogP) is 1.84. The number of halogens is 1. The van der Waals surface area contributed by atoms with Gasteiger partial charge < -0.3 is 10.6 Å². The van der Waals surface area contributed by atoms with Gasteiger partial charge in [0.1, 0.15) is 11.0 Å². The van der Waals surface area contributed by atoms with Gasteiger partial charge in [-0.2, -0.15) is 5.26 Å². The Bertz CT molecular complexity index is 487. The number of nitrogens with two attached hydrogens (primary N) is 1. The number of amides is 1. The fourth-order valence-corrected chi connectivity index (χ4v) is 2.03. The molecule has 2 N–H and O–H groups in total. The summed E-state index contributed by atoms with van der Waals surface area (Å²) in [5.41, 5.74) is 6.00. The van der Waals surface area contributed by atoms with Gasteiger partial charge in [0.15, 0.2) is 0 Å². The maximum Gasteiger partial charge on any atom is 0.254 e. The molecule has 1 heterocycles. The molecule has 18 heavy (non-hydrogen) atoms. The van der Waals surface area contributed by atoms with Crippen LogP contribution in [0.4, 0.5) is 5.82 Å². The standard InChI is InChI=1S/C12H13ClN4O/c13-10-6-8(7-11(15)16-10)12(18)17(5-1-4-14)9-2-3-9/h6-7,9H,1-3,5H2,(H2,15,16). The Balaban J connectivity index is 2.19. The van der Waals surface area contributed by atoms with Gasteiger partial charge in [-0.25, -0.2) is 4.98 Å². The van der Waals surface area contributed by atoms with Crippen molar-refractivity contribution in [1.82, 2.24) is 9.88 Å². The number of nitrogens with zero attached hydrogens (tertiary/aromatic N) is 3. The maximum atomic E-state index is 12.3. The zero-order valence-electron chi connectivity index (χ0n) is 9.77. The first kappa shape index (κ1) is 12.7. The molecule has 1 aromatic rings. The number of carbonyl (C=O) groups excluding carboxylic acids is 1. The molecule has 6 heteroatoms. The van der Waals surface area contributed by atoms with E-state index in [-0.39, 0.29) is 22.9 Å². The second kappa shape index (κ2) is 5.23. The number of aromatic nitrogens is 1. The van der Waals surface area contributed by atoms with Crippen molar-refractivity contribution in [2.45, 2.75) is 25.3 Å². The topological polar surface area (TPSA) is 83.0 Å². The minimum Gasteiger partial charge on any atom is -0.384 e. The number of pyridine rings is 1. The minimum absolute atomic E-state index is 0.135. The number of hydrogen-bond acceptors (Lipinski definition) is 4.